The van der Waals surface area contributed by atoms with Crippen LogP contribution >= 0.6 is 0 Å². The van der Waals surface area contributed by atoms with E-state index >= 15 is 0 Å². The van der Waals surface area contributed by atoms with Crippen LogP contribution in [-0.2, 0) is 9.47 Å². The zero-order chi connectivity index (χ0) is 14.9. The largest absolute Gasteiger partial charge is 0.494 e. The lowest BCUT2D eigenvalue weighted by molar-refractivity contribution is -0.206. The van der Waals surface area contributed by atoms with Gasteiger partial charge in [-0.1, -0.05) is 45.2 Å². The van der Waals surface area contributed by atoms with Crippen LogP contribution in [0.4, 0.5) is 0 Å². The maximum absolute atomic E-state index is 5.82. The van der Waals surface area contributed by atoms with E-state index in [4.69, 9.17) is 14.2 Å². The van der Waals surface area contributed by atoms with Gasteiger partial charge in [0.2, 0.25) is 0 Å². The molecule has 3 nitrogen and oxygen atoms in total. The summed E-state index contributed by atoms with van der Waals surface area (Å²) in [6.45, 7) is 6.79. The SMILES string of the molecule is CCCCCOc1ccc(C2OCC(CCC)CO2)cc1. The molecule has 1 aromatic carbocycles. The Balaban J connectivity index is 1.77. The van der Waals surface area contributed by atoms with Crippen molar-refractivity contribution in [3.05, 3.63) is 29.8 Å². The summed E-state index contributed by atoms with van der Waals surface area (Å²) in [5.41, 5.74) is 1.07. The smallest absolute Gasteiger partial charge is 0.183 e. The van der Waals surface area contributed by atoms with Crippen LogP contribution in [0, 0.1) is 5.92 Å². The summed E-state index contributed by atoms with van der Waals surface area (Å²) < 4.78 is 17.4. The number of rotatable bonds is 8. The monoisotopic (exact) mass is 292 g/mol. The average Bonchev–Trinajstić information content (AvgIpc) is 2.53. The van der Waals surface area contributed by atoms with E-state index in [0.717, 1.165) is 37.6 Å². The third-order valence-corrected chi connectivity index (χ3v) is 3.83. The Hall–Kier alpha value is -1.06. The Morgan fingerprint density at radius 1 is 1.00 bits per heavy atom. The molecular weight excluding hydrogens is 264 g/mol. The molecule has 0 aromatic heterocycles. The van der Waals surface area contributed by atoms with Gasteiger partial charge in [0.15, 0.2) is 6.29 Å². The summed E-state index contributed by atoms with van der Waals surface area (Å²) in [6.07, 6.45) is 5.71. The molecule has 0 bridgehead atoms. The van der Waals surface area contributed by atoms with Crippen molar-refractivity contribution >= 4 is 0 Å². The highest BCUT2D eigenvalue weighted by Gasteiger charge is 2.22. The Kier molecular flexibility index (Phi) is 7.04. The number of benzene rings is 1. The van der Waals surface area contributed by atoms with Gasteiger partial charge < -0.3 is 14.2 Å². The van der Waals surface area contributed by atoms with E-state index < -0.39 is 0 Å². The molecule has 1 saturated heterocycles. The van der Waals surface area contributed by atoms with Crippen molar-refractivity contribution in [1.29, 1.82) is 0 Å². The molecule has 1 aliphatic heterocycles. The zero-order valence-corrected chi connectivity index (χ0v) is 13.3. The lowest BCUT2D eigenvalue weighted by Gasteiger charge is -2.29. The molecule has 1 aromatic rings. The van der Waals surface area contributed by atoms with Gasteiger partial charge in [0, 0.05) is 11.5 Å². The summed E-state index contributed by atoms with van der Waals surface area (Å²) in [4.78, 5) is 0. The fourth-order valence-electron chi connectivity index (χ4n) is 2.57. The Labute approximate surface area is 128 Å². The molecule has 118 valence electrons. The highest BCUT2D eigenvalue weighted by atomic mass is 16.7. The highest BCUT2D eigenvalue weighted by molar-refractivity contribution is 5.28. The van der Waals surface area contributed by atoms with Gasteiger partial charge in [-0.2, -0.15) is 0 Å². The van der Waals surface area contributed by atoms with Gasteiger partial charge >= 0.3 is 0 Å². The molecule has 0 radical (unpaired) electrons. The second-order valence-corrected chi connectivity index (χ2v) is 5.78. The maximum Gasteiger partial charge on any atom is 0.183 e. The third-order valence-electron chi connectivity index (χ3n) is 3.83. The van der Waals surface area contributed by atoms with Crippen molar-refractivity contribution in [3.8, 4) is 5.75 Å². The third kappa shape index (κ3) is 5.33. The van der Waals surface area contributed by atoms with E-state index in [9.17, 15) is 0 Å². The van der Waals surface area contributed by atoms with Gasteiger partial charge in [0.1, 0.15) is 5.75 Å². The number of hydrogen-bond donors (Lipinski definition) is 0. The van der Waals surface area contributed by atoms with Crippen LogP contribution in [0.2, 0.25) is 0 Å². The minimum absolute atomic E-state index is 0.216. The number of hydrogen-bond acceptors (Lipinski definition) is 3. The molecular formula is C18H28O3. The van der Waals surface area contributed by atoms with E-state index in [-0.39, 0.29) is 6.29 Å². The summed E-state index contributed by atoms with van der Waals surface area (Å²) in [5, 5.41) is 0. The second kappa shape index (κ2) is 9.06. The summed E-state index contributed by atoms with van der Waals surface area (Å²) in [6, 6.07) is 8.10. The lowest BCUT2D eigenvalue weighted by atomic mass is 10.1. The van der Waals surface area contributed by atoms with Crippen LogP contribution in [0.5, 0.6) is 5.75 Å². The number of ether oxygens (including phenoxy) is 3. The van der Waals surface area contributed by atoms with Gasteiger partial charge in [0.05, 0.1) is 19.8 Å². The topological polar surface area (TPSA) is 27.7 Å². The van der Waals surface area contributed by atoms with Gasteiger partial charge in [0.25, 0.3) is 0 Å². The van der Waals surface area contributed by atoms with Crippen molar-refractivity contribution in [2.24, 2.45) is 5.92 Å². The first kappa shape index (κ1) is 16.3. The molecule has 1 fully saturated rings. The van der Waals surface area contributed by atoms with E-state index in [2.05, 4.69) is 13.8 Å². The molecule has 0 unspecified atom stereocenters. The van der Waals surface area contributed by atoms with Crippen molar-refractivity contribution in [2.75, 3.05) is 19.8 Å². The van der Waals surface area contributed by atoms with E-state index in [1.807, 2.05) is 24.3 Å². The fourth-order valence-corrected chi connectivity index (χ4v) is 2.57. The Bertz CT molecular complexity index is 380. The average molecular weight is 292 g/mol. The molecule has 0 spiro atoms. The molecule has 0 aliphatic carbocycles. The zero-order valence-electron chi connectivity index (χ0n) is 13.3. The highest BCUT2D eigenvalue weighted by Crippen LogP contribution is 2.28. The molecule has 0 amide bonds. The predicted molar refractivity (Wildman–Crippen MR) is 84.5 cm³/mol. The normalized spacial score (nSPS) is 22.2. The van der Waals surface area contributed by atoms with Crippen LogP contribution in [-0.4, -0.2) is 19.8 Å². The molecule has 1 aliphatic rings. The van der Waals surface area contributed by atoms with Crippen molar-refractivity contribution < 1.29 is 14.2 Å². The first-order valence-electron chi connectivity index (χ1n) is 8.29. The first-order chi connectivity index (χ1) is 10.3. The molecule has 21 heavy (non-hydrogen) atoms. The van der Waals surface area contributed by atoms with E-state index in [0.29, 0.717) is 5.92 Å². The molecule has 1 heterocycles. The van der Waals surface area contributed by atoms with Crippen LogP contribution in [0.25, 0.3) is 0 Å². The molecule has 3 heteroatoms. The van der Waals surface area contributed by atoms with Crippen LogP contribution < -0.4 is 4.74 Å². The van der Waals surface area contributed by atoms with Gasteiger partial charge in [-0.15, -0.1) is 0 Å². The molecule has 0 saturated carbocycles. The van der Waals surface area contributed by atoms with Crippen LogP contribution in [0.15, 0.2) is 24.3 Å². The minimum Gasteiger partial charge on any atom is -0.494 e. The first-order valence-corrected chi connectivity index (χ1v) is 8.29. The van der Waals surface area contributed by atoms with Crippen LogP contribution in [0.3, 0.4) is 0 Å². The molecule has 0 atom stereocenters. The molecule has 0 N–H and O–H groups in total. The van der Waals surface area contributed by atoms with Gasteiger partial charge in [-0.3, -0.25) is 0 Å². The minimum atomic E-state index is -0.216. The lowest BCUT2D eigenvalue weighted by Crippen LogP contribution is -2.26. The van der Waals surface area contributed by atoms with Crippen molar-refractivity contribution in [1.82, 2.24) is 0 Å². The summed E-state index contributed by atoms with van der Waals surface area (Å²) in [7, 11) is 0. The number of unbranched alkanes of at least 4 members (excludes halogenated alkanes) is 2. The van der Waals surface area contributed by atoms with Crippen molar-refractivity contribution in [3.63, 3.8) is 0 Å². The Morgan fingerprint density at radius 3 is 2.33 bits per heavy atom. The molecule has 2 rings (SSSR count). The maximum atomic E-state index is 5.82. The summed E-state index contributed by atoms with van der Waals surface area (Å²) in [5.74, 6) is 1.47. The quantitative estimate of drug-likeness (QED) is 0.649. The fraction of sp³-hybridized carbons (Fsp3) is 0.667. The predicted octanol–water partition coefficient (Wildman–Crippen LogP) is 4.72. The van der Waals surface area contributed by atoms with Crippen molar-refractivity contribution in [2.45, 2.75) is 52.2 Å². The summed E-state index contributed by atoms with van der Waals surface area (Å²) >= 11 is 0. The van der Waals surface area contributed by atoms with Gasteiger partial charge in [-0.05, 0) is 25.0 Å². The van der Waals surface area contributed by atoms with E-state index in [1.165, 1.54) is 25.7 Å². The Morgan fingerprint density at radius 2 is 1.71 bits per heavy atom. The van der Waals surface area contributed by atoms with E-state index in [1.54, 1.807) is 0 Å². The standard InChI is InChI=1S/C18H28O3/c1-3-5-6-12-19-17-10-8-16(9-11-17)18-20-13-15(7-4-2)14-21-18/h8-11,15,18H,3-7,12-14H2,1-2H3. The second-order valence-electron chi connectivity index (χ2n) is 5.78. The van der Waals surface area contributed by atoms with Crippen LogP contribution in [0.1, 0.15) is 57.8 Å². The van der Waals surface area contributed by atoms with Gasteiger partial charge in [-0.25, -0.2) is 0 Å².